The maximum absolute atomic E-state index is 6.75. The second kappa shape index (κ2) is 20.2. The van der Waals surface area contributed by atoms with Gasteiger partial charge in [0, 0.05) is 26.2 Å². The zero-order valence-electron chi connectivity index (χ0n) is 13.7. The van der Waals surface area contributed by atoms with Crippen LogP contribution in [0.1, 0.15) is 11.4 Å². The Morgan fingerprint density at radius 1 is 0.800 bits per heavy atom. The van der Waals surface area contributed by atoms with Crippen LogP contribution in [0.25, 0.3) is 31.9 Å². The van der Waals surface area contributed by atoms with Gasteiger partial charge in [-0.05, 0) is 12.1 Å². The standard InChI is InChI=1S/C13H21N3O2.Mn.2N3/c1-2-12-10-14-4-6-17-8-9-18-7-5-15-11-13(3-1)16-12;;2*1-3-2/h1-3,14-15H,4-11H2;;;/q;+2;2*-1. The van der Waals surface area contributed by atoms with Crippen molar-refractivity contribution in [2.24, 2.45) is 0 Å². The molecule has 0 amide bonds. The molecule has 0 aromatic carbocycles. The second-order valence-electron chi connectivity index (χ2n) is 4.38. The van der Waals surface area contributed by atoms with Crippen molar-refractivity contribution in [1.82, 2.24) is 15.6 Å². The molecule has 0 fully saturated rings. The molecule has 25 heavy (non-hydrogen) atoms. The fourth-order valence-electron chi connectivity index (χ4n) is 1.77. The van der Waals surface area contributed by atoms with Gasteiger partial charge in [-0.3, -0.25) is 14.8 Å². The molecule has 2 N–H and O–H groups in total. The van der Waals surface area contributed by atoms with Crippen molar-refractivity contribution < 1.29 is 26.5 Å². The van der Waals surface area contributed by atoms with Crippen LogP contribution in [0.15, 0.2) is 18.2 Å². The number of nitrogens with one attached hydrogen (secondary N) is 2. The molecule has 0 spiro atoms. The number of aromatic nitrogens is 1. The van der Waals surface area contributed by atoms with Crippen LogP contribution in [-0.4, -0.2) is 44.5 Å². The number of pyridine rings is 1. The molecule has 12 heteroatoms. The summed E-state index contributed by atoms with van der Waals surface area (Å²) in [6.07, 6.45) is 0. The predicted octanol–water partition coefficient (Wildman–Crippen LogP) is 2.04. The molecule has 1 aliphatic heterocycles. The average Bonchev–Trinajstić information content (AvgIpc) is 2.58. The van der Waals surface area contributed by atoms with E-state index in [9.17, 15) is 0 Å². The van der Waals surface area contributed by atoms with E-state index in [0.717, 1.165) is 37.6 Å². The molecule has 2 rings (SSSR count). The number of ether oxygens (including phenoxy) is 2. The molecular formula is C13H21MnN9O2. The normalized spacial score (nSPS) is 14.9. The summed E-state index contributed by atoms with van der Waals surface area (Å²) < 4.78 is 10.9. The first-order chi connectivity index (χ1) is 11.8. The van der Waals surface area contributed by atoms with Gasteiger partial charge < -0.3 is 42.2 Å². The van der Waals surface area contributed by atoms with Gasteiger partial charge in [-0.1, -0.05) is 6.07 Å². The van der Waals surface area contributed by atoms with Crippen molar-refractivity contribution in [3.05, 3.63) is 61.5 Å². The van der Waals surface area contributed by atoms with Crippen LogP contribution in [0, 0.1) is 0 Å². The zero-order valence-corrected chi connectivity index (χ0v) is 14.9. The molecule has 1 radical (unpaired) electrons. The van der Waals surface area contributed by atoms with Gasteiger partial charge in [-0.25, -0.2) is 0 Å². The zero-order chi connectivity index (χ0) is 17.9. The molecule has 11 nitrogen and oxygen atoms in total. The molecule has 2 bridgehead atoms. The van der Waals surface area contributed by atoms with Crippen molar-refractivity contribution >= 4 is 0 Å². The molecule has 0 unspecified atom stereocenters. The topological polar surface area (TPSA) is 173 Å². The van der Waals surface area contributed by atoms with Gasteiger partial charge in [0.05, 0.1) is 37.8 Å². The van der Waals surface area contributed by atoms with Crippen LogP contribution in [0.3, 0.4) is 0 Å². The summed E-state index contributed by atoms with van der Waals surface area (Å²) in [5, 5.41) is 6.63. The first kappa shape index (κ1) is 25.4. The van der Waals surface area contributed by atoms with Gasteiger partial charge in [0.1, 0.15) is 0 Å². The van der Waals surface area contributed by atoms with Gasteiger partial charge in [0.2, 0.25) is 0 Å². The Balaban J connectivity index is 0. The van der Waals surface area contributed by atoms with Gasteiger partial charge in [-0.15, -0.1) is 0 Å². The Bertz CT molecular complexity index is 465. The van der Waals surface area contributed by atoms with E-state index in [4.69, 9.17) is 31.6 Å². The molecule has 0 saturated heterocycles. The van der Waals surface area contributed by atoms with Crippen molar-refractivity contribution in [1.29, 1.82) is 0 Å². The maximum atomic E-state index is 6.75. The largest absolute Gasteiger partial charge is 2.00 e. The molecule has 0 saturated carbocycles. The molecule has 137 valence electrons. The van der Waals surface area contributed by atoms with Crippen LogP contribution in [0.2, 0.25) is 0 Å². The van der Waals surface area contributed by atoms with E-state index < -0.39 is 0 Å². The van der Waals surface area contributed by atoms with E-state index in [2.05, 4.69) is 15.6 Å². The van der Waals surface area contributed by atoms with Crippen LogP contribution < -0.4 is 10.6 Å². The minimum absolute atomic E-state index is 0. The van der Waals surface area contributed by atoms with Gasteiger partial charge in [0.15, 0.2) is 0 Å². The summed E-state index contributed by atoms with van der Waals surface area (Å²) in [5.41, 5.74) is 29.1. The number of fused-ring (bicyclic) bond motifs is 2. The first-order valence-corrected chi connectivity index (χ1v) is 7.27. The van der Waals surface area contributed by atoms with E-state index >= 15 is 0 Å². The second-order valence-corrected chi connectivity index (χ2v) is 4.38. The maximum Gasteiger partial charge on any atom is 2.00 e. The summed E-state index contributed by atoms with van der Waals surface area (Å²) in [6, 6.07) is 6.13. The fourth-order valence-corrected chi connectivity index (χ4v) is 1.77. The quantitative estimate of drug-likeness (QED) is 0.298. The van der Waals surface area contributed by atoms with Crippen molar-refractivity contribution in [3.63, 3.8) is 0 Å². The molecular weight excluding hydrogens is 369 g/mol. The van der Waals surface area contributed by atoms with E-state index in [0.29, 0.717) is 26.4 Å². The fraction of sp³-hybridized carbons (Fsp3) is 0.615. The van der Waals surface area contributed by atoms with Crippen molar-refractivity contribution in [2.75, 3.05) is 39.5 Å². The third-order valence-electron chi connectivity index (χ3n) is 2.70. The van der Waals surface area contributed by atoms with Crippen molar-refractivity contribution in [2.45, 2.75) is 13.1 Å². The summed E-state index contributed by atoms with van der Waals surface area (Å²) in [4.78, 5) is 7.58. The minimum Gasteiger partial charge on any atom is -0.378 e. The van der Waals surface area contributed by atoms with Crippen LogP contribution in [0.5, 0.6) is 0 Å². The summed E-state index contributed by atoms with van der Waals surface area (Å²) in [6.45, 7) is 5.99. The molecule has 2 heterocycles. The molecule has 0 aliphatic carbocycles. The smallest absolute Gasteiger partial charge is 0.378 e. The Morgan fingerprint density at radius 3 is 1.60 bits per heavy atom. The van der Waals surface area contributed by atoms with E-state index in [1.54, 1.807) is 0 Å². The van der Waals surface area contributed by atoms with Crippen LogP contribution in [-0.2, 0) is 39.6 Å². The number of rotatable bonds is 0. The van der Waals surface area contributed by atoms with E-state index in [1.165, 1.54) is 9.82 Å². The average molecular weight is 390 g/mol. The molecule has 1 aliphatic rings. The monoisotopic (exact) mass is 390 g/mol. The first-order valence-electron chi connectivity index (χ1n) is 7.27. The predicted molar refractivity (Wildman–Crippen MR) is 89.4 cm³/mol. The molecule has 0 atom stereocenters. The SMILES string of the molecule is [Mn+2].[N-]=[N+]=[N-].[N-]=[N+]=[N-].c1cc2nc(c1)CNCCOCCOCCNC2. The van der Waals surface area contributed by atoms with E-state index in [-0.39, 0.29) is 17.1 Å². The Kier molecular flexibility index (Phi) is 20.5. The van der Waals surface area contributed by atoms with Crippen LogP contribution >= 0.6 is 0 Å². The Morgan fingerprint density at radius 2 is 1.20 bits per heavy atom. The summed E-state index contributed by atoms with van der Waals surface area (Å²) in [7, 11) is 0. The summed E-state index contributed by atoms with van der Waals surface area (Å²) in [5.74, 6) is 0. The van der Waals surface area contributed by atoms with Gasteiger partial charge >= 0.3 is 17.1 Å². The van der Waals surface area contributed by atoms with Gasteiger partial charge in [0.25, 0.3) is 0 Å². The number of nitrogens with zero attached hydrogens (tertiary/aromatic N) is 7. The number of hydrogen-bond acceptors (Lipinski definition) is 5. The van der Waals surface area contributed by atoms with Crippen molar-refractivity contribution in [3.8, 4) is 0 Å². The Labute approximate surface area is 156 Å². The summed E-state index contributed by atoms with van der Waals surface area (Å²) >= 11 is 0. The van der Waals surface area contributed by atoms with Gasteiger partial charge in [-0.2, -0.15) is 0 Å². The van der Waals surface area contributed by atoms with E-state index in [1.807, 2.05) is 18.2 Å². The Hall–Kier alpha value is -1.87. The molecule has 1 aromatic heterocycles. The minimum atomic E-state index is 0. The third-order valence-corrected chi connectivity index (χ3v) is 2.70. The number of hydrogen-bond donors (Lipinski definition) is 2. The third kappa shape index (κ3) is 16.8. The van der Waals surface area contributed by atoms with Crippen LogP contribution in [0.4, 0.5) is 0 Å². The molecule has 1 aromatic rings.